The van der Waals surface area contributed by atoms with Crippen LogP contribution in [0, 0.1) is 6.92 Å². The van der Waals surface area contributed by atoms with Gasteiger partial charge in [-0.25, -0.2) is 9.78 Å². The molecule has 4 aromatic rings. The lowest BCUT2D eigenvalue weighted by molar-refractivity contribution is -0.143. The first-order valence-corrected chi connectivity index (χ1v) is 11.8. The van der Waals surface area contributed by atoms with Crippen molar-refractivity contribution in [2.24, 2.45) is 12.0 Å². The van der Waals surface area contributed by atoms with Gasteiger partial charge in [0, 0.05) is 30.7 Å². The molecule has 10 heteroatoms. The molecule has 10 nitrogen and oxygen atoms in total. The summed E-state index contributed by atoms with van der Waals surface area (Å²) in [4.78, 5) is 20.0. The number of hydrogen-bond acceptors (Lipinski definition) is 8. The van der Waals surface area contributed by atoms with E-state index in [1.165, 1.54) is 13.1 Å². The summed E-state index contributed by atoms with van der Waals surface area (Å²) >= 11 is 0. The molecular formula is C27H27N5O5. The Bertz CT molecular complexity index is 1530. The van der Waals surface area contributed by atoms with Gasteiger partial charge in [-0.05, 0) is 54.8 Å². The summed E-state index contributed by atoms with van der Waals surface area (Å²) < 4.78 is 13.1. The molecule has 0 spiro atoms. The molecule has 2 aromatic carbocycles. The minimum atomic E-state index is -1.62. The number of aliphatic hydroxyl groups excluding tert-OH is 1. The van der Waals surface area contributed by atoms with Gasteiger partial charge in [0.05, 0.1) is 12.1 Å². The molecule has 1 unspecified atom stereocenters. The second-order valence-electron chi connectivity index (χ2n) is 9.07. The number of aliphatic hydroxyl groups is 1. The number of carbonyl (C=O) groups is 1. The van der Waals surface area contributed by atoms with Crippen LogP contribution >= 0.6 is 0 Å². The molecule has 1 aliphatic rings. The fourth-order valence-electron chi connectivity index (χ4n) is 4.11. The number of aromatic nitrogens is 3. The van der Waals surface area contributed by atoms with E-state index >= 15 is 0 Å². The molecule has 1 atom stereocenters. The summed E-state index contributed by atoms with van der Waals surface area (Å²) in [6, 6.07) is 13.8. The fourth-order valence-corrected chi connectivity index (χ4v) is 4.11. The van der Waals surface area contributed by atoms with E-state index in [1.807, 2.05) is 50.4 Å². The number of anilines is 2. The molecule has 0 bridgehead atoms. The minimum Gasteiger partial charge on any atom is -0.486 e. The van der Waals surface area contributed by atoms with E-state index in [2.05, 4.69) is 26.5 Å². The Kier molecular flexibility index (Phi) is 6.26. The van der Waals surface area contributed by atoms with Crippen molar-refractivity contribution < 1.29 is 24.5 Å². The van der Waals surface area contributed by atoms with Crippen LogP contribution in [0.15, 0.2) is 53.7 Å². The minimum absolute atomic E-state index is 0.532. The summed E-state index contributed by atoms with van der Waals surface area (Å²) in [6.07, 6.45) is 2.99. The maximum absolute atomic E-state index is 11.4. The van der Waals surface area contributed by atoms with E-state index < -0.39 is 18.1 Å². The van der Waals surface area contributed by atoms with Crippen molar-refractivity contribution in [2.75, 3.05) is 25.1 Å². The molecule has 0 amide bonds. The summed E-state index contributed by atoms with van der Waals surface area (Å²) in [5.41, 5.74) is 4.39. The van der Waals surface area contributed by atoms with Crippen molar-refractivity contribution in [3.05, 3.63) is 59.8 Å². The second-order valence-corrected chi connectivity index (χ2v) is 9.07. The number of aliphatic imine (C=N–C) groups is 1. The van der Waals surface area contributed by atoms with Crippen LogP contribution in [-0.4, -0.2) is 62.5 Å². The topological polar surface area (TPSA) is 131 Å². The number of hydrogen-bond donors (Lipinski definition) is 3. The number of ether oxygens (including phenoxy) is 2. The van der Waals surface area contributed by atoms with E-state index in [9.17, 15) is 15.0 Å². The highest BCUT2D eigenvalue weighted by Gasteiger charge is 2.31. The Morgan fingerprint density at radius 1 is 1.22 bits per heavy atom. The molecule has 190 valence electrons. The van der Waals surface area contributed by atoms with Crippen LogP contribution < -0.4 is 14.8 Å². The highest BCUT2D eigenvalue weighted by Crippen LogP contribution is 2.37. The molecule has 1 aliphatic heterocycles. The van der Waals surface area contributed by atoms with Gasteiger partial charge in [0.2, 0.25) is 0 Å². The first-order chi connectivity index (χ1) is 17.8. The fraction of sp³-hybridized carbons (Fsp3) is 0.259. The van der Waals surface area contributed by atoms with Crippen molar-refractivity contribution in [2.45, 2.75) is 19.4 Å². The summed E-state index contributed by atoms with van der Waals surface area (Å²) in [5, 5.41) is 26.8. The Labute approximate surface area is 213 Å². The first kappa shape index (κ1) is 24.3. The number of rotatable bonds is 7. The molecule has 2 aromatic heterocycles. The third-order valence-electron chi connectivity index (χ3n) is 6.42. The molecule has 37 heavy (non-hydrogen) atoms. The maximum atomic E-state index is 11.4. The molecule has 0 aliphatic carbocycles. The van der Waals surface area contributed by atoms with Gasteiger partial charge in [0.1, 0.15) is 18.7 Å². The molecule has 3 N–H and O–H groups in total. The molecule has 0 radical (unpaired) electrons. The van der Waals surface area contributed by atoms with Gasteiger partial charge in [0.25, 0.3) is 0 Å². The third-order valence-corrected chi connectivity index (χ3v) is 6.42. The normalized spacial score (nSPS) is 14.6. The van der Waals surface area contributed by atoms with Crippen molar-refractivity contribution in [3.63, 3.8) is 0 Å². The number of carboxylic acid groups (broad SMARTS) is 1. The highest BCUT2D eigenvalue weighted by atomic mass is 16.6. The molecular weight excluding hydrogens is 474 g/mol. The van der Waals surface area contributed by atoms with Gasteiger partial charge in [-0.3, -0.25) is 9.67 Å². The standard InChI is InChI=1S/C27H27N5O5/c1-16-19(18-7-8-22-23(12-18)37-10-9-36-22)5-4-6-20(16)30-25-24-21(32(3)31-25)11-17(13-28-24)14-29-27(2,15-33)26(34)35/h4-8,11-14,33H,9-10,15H2,1-3H3,(H,30,31)(H,34,35). The van der Waals surface area contributed by atoms with Crippen molar-refractivity contribution in [1.29, 1.82) is 0 Å². The smallest absolute Gasteiger partial charge is 0.333 e. The van der Waals surface area contributed by atoms with Crippen LogP contribution in [0.1, 0.15) is 18.1 Å². The predicted octanol–water partition coefficient (Wildman–Crippen LogP) is 3.71. The number of nitrogens with one attached hydrogen (secondary N) is 1. The van der Waals surface area contributed by atoms with Crippen LogP contribution in [0.5, 0.6) is 11.5 Å². The first-order valence-electron chi connectivity index (χ1n) is 11.8. The number of carboxylic acids is 1. The van der Waals surface area contributed by atoms with E-state index in [-0.39, 0.29) is 0 Å². The van der Waals surface area contributed by atoms with Crippen molar-refractivity contribution >= 4 is 34.7 Å². The zero-order chi connectivity index (χ0) is 26.2. The summed E-state index contributed by atoms with van der Waals surface area (Å²) in [5.74, 6) is 0.875. The van der Waals surface area contributed by atoms with Crippen LogP contribution in [0.25, 0.3) is 22.2 Å². The van der Waals surface area contributed by atoms with Crippen molar-refractivity contribution in [1.82, 2.24) is 14.8 Å². The zero-order valence-electron chi connectivity index (χ0n) is 20.7. The maximum Gasteiger partial charge on any atom is 0.333 e. The predicted molar refractivity (Wildman–Crippen MR) is 140 cm³/mol. The molecule has 0 fully saturated rings. The Hall–Kier alpha value is -4.44. The number of fused-ring (bicyclic) bond motifs is 2. The van der Waals surface area contributed by atoms with E-state index in [0.717, 1.165) is 39.4 Å². The van der Waals surface area contributed by atoms with Gasteiger partial charge in [0.15, 0.2) is 22.9 Å². The lowest BCUT2D eigenvalue weighted by Crippen LogP contribution is -2.37. The monoisotopic (exact) mass is 501 g/mol. The van der Waals surface area contributed by atoms with Gasteiger partial charge in [-0.15, -0.1) is 0 Å². The summed E-state index contributed by atoms with van der Waals surface area (Å²) in [7, 11) is 1.81. The number of pyridine rings is 1. The molecule has 0 saturated carbocycles. The van der Waals surface area contributed by atoms with E-state index in [1.54, 1.807) is 10.9 Å². The lowest BCUT2D eigenvalue weighted by atomic mass is 9.98. The third kappa shape index (κ3) is 4.58. The Balaban J connectivity index is 1.45. The molecule has 3 heterocycles. The van der Waals surface area contributed by atoms with Gasteiger partial charge < -0.3 is 25.0 Å². The zero-order valence-corrected chi connectivity index (χ0v) is 20.7. The Morgan fingerprint density at radius 3 is 2.76 bits per heavy atom. The quantitative estimate of drug-likeness (QED) is 0.327. The highest BCUT2D eigenvalue weighted by molar-refractivity contribution is 5.94. The van der Waals surface area contributed by atoms with Crippen LogP contribution in [-0.2, 0) is 11.8 Å². The van der Waals surface area contributed by atoms with Gasteiger partial charge in [-0.1, -0.05) is 18.2 Å². The van der Waals surface area contributed by atoms with E-state index in [4.69, 9.17) is 9.47 Å². The van der Waals surface area contributed by atoms with Crippen LogP contribution in [0.3, 0.4) is 0 Å². The number of aliphatic carboxylic acids is 1. The largest absolute Gasteiger partial charge is 0.486 e. The van der Waals surface area contributed by atoms with Crippen molar-refractivity contribution in [3.8, 4) is 22.6 Å². The van der Waals surface area contributed by atoms with Crippen LogP contribution in [0.2, 0.25) is 0 Å². The van der Waals surface area contributed by atoms with Gasteiger partial charge >= 0.3 is 5.97 Å². The molecule has 5 rings (SSSR count). The second kappa shape index (κ2) is 9.55. The Morgan fingerprint density at radius 2 is 2.00 bits per heavy atom. The lowest BCUT2D eigenvalue weighted by Gasteiger charge is -2.19. The number of benzene rings is 2. The molecule has 0 saturated heterocycles. The van der Waals surface area contributed by atoms with Crippen LogP contribution in [0.4, 0.5) is 11.5 Å². The number of nitrogens with zero attached hydrogens (tertiary/aromatic N) is 4. The summed E-state index contributed by atoms with van der Waals surface area (Å²) in [6.45, 7) is 3.87. The van der Waals surface area contributed by atoms with E-state index in [0.29, 0.717) is 30.1 Å². The number of aryl methyl sites for hydroxylation is 1. The van der Waals surface area contributed by atoms with Gasteiger partial charge in [-0.2, -0.15) is 5.10 Å². The SMILES string of the molecule is Cc1c(Nc2nn(C)c3cc(C=NC(C)(CO)C(=O)O)cnc23)cccc1-c1ccc2c(c1)OCCO2. The average molecular weight is 502 g/mol. The average Bonchev–Trinajstić information content (AvgIpc) is 3.22.